The Morgan fingerprint density at radius 2 is 0.757 bits per heavy atom. The van der Waals surface area contributed by atoms with Gasteiger partial charge in [0.2, 0.25) is 0 Å². The van der Waals surface area contributed by atoms with E-state index in [1.54, 1.807) is 0 Å². The van der Waals surface area contributed by atoms with E-state index in [9.17, 15) is 0 Å². The first-order chi connectivity index (χ1) is 18.4. The van der Waals surface area contributed by atoms with Crippen LogP contribution >= 0.6 is 7.53 Å². The zero-order valence-electron chi connectivity index (χ0n) is 20.1. The molecule has 0 saturated carbocycles. The second kappa shape index (κ2) is 8.00. The smallest absolute Gasteiger partial charge is 0.0805 e. The van der Waals surface area contributed by atoms with Crippen molar-refractivity contribution in [3.05, 3.63) is 140 Å². The number of fused-ring (bicyclic) bond motifs is 7. The second-order valence-corrected chi connectivity index (χ2v) is 11.5. The van der Waals surface area contributed by atoms with E-state index in [1.165, 1.54) is 59.8 Å². The molecule has 0 amide bonds. The Balaban J connectivity index is 1.72. The van der Waals surface area contributed by atoms with Crippen LogP contribution < -0.4 is 0 Å². The van der Waals surface area contributed by atoms with Crippen molar-refractivity contribution in [2.75, 3.05) is 0 Å². The maximum atomic E-state index is 2.52. The molecule has 0 aliphatic heterocycles. The summed E-state index contributed by atoms with van der Waals surface area (Å²) in [7, 11) is -0.828. The summed E-state index contributed by atoms with van der Waals surface area (Å²) in [5.74, 6) is 0. The van der Waals surface area contributed by atoms with E-state index in [0.29, 0.717) is 0 Å². The lowest BCUT2D eigenvalue weighted by Crippen LogP contribution is -1.94. The molecule has 0 unspecified atom stereocenters. The van der Waals surface area contributed by atoms with Crippen LogP contribution in [0.2, 0.25) is 0 Å². The molecule has 2 nitrogen and oxygen atoms in total. The second-order valence-electron chi connectivity index (χ2n) is 9.44. The van der Waals surface area contributed by atoms with E-state index in [2.05, 4.69) is 149 Å². The highest BCUT2D eigenvalue weighted by molar-refractivity contribution is 7.67. The van der Waals surface area contributed by atoms with E-state index in [1.807, 2.05) is 0 Å². The summed E-state index contributed by atoms with van der Waals surface area (Å²) in [5.41, 5.74) is 4.96. The maximum absolute atomic E-state index is 2.52. The van der Waals surface area contributed by atoms with Gasteiger partial charge in [0, 0.05) is 38.2 Å². The lowest BCUT2D eigenvalue weighted by Gasteiger charge is -2.13. The van der Waals surface area contributed by atoms with Gasteiger partial charge in [-0.2, -0.15) is 0 Å². The molecule has 174 valence electrons. The molecule has 0 N–H and O–H groups in total. The normalized spacial score (nSPS) is 11.8. The van der Waals surface area contributed by atoms with Crippen molar-refractivity contribution >= 4 is 50.6 Å². The standard InChI is InChI=1S/C34H23N2P/c1-4-14-24(15-5-1)35-29-22-12-10-20-27(29)31-32-28-21-11-13-23-30(28)36(25-16-6-2-7-17-25)34(32)37(33(31)35)26-18-8-3-9-19-26/h1-23H. The molecule has 3 heterocycles. The summed E-state index contributed by atoms with van der Waals surface area (Å²) in [6.07, 6.45) is 0. The molecule has 8 rings (SSSR count). The van der Waals surface area contributed by atoms with Gasteiger partial charge in [-0.05, 0) is 43.9 Å². The fraction of sp³-hybridized carbons (Fsp3) is 0. The third-order valence-corrected chi connectivity index (χ3v) is 9.93. The van der Waals surface area contributed by atoms with Crippen molar-refractivity contribution in [3.8, 4) is 16.7 Å². The van der Waals surface area contributed by atoms with Crippen molar-refractivity contribution in [1.29, 1.82) is 0 Å². The Kier molecular flexibility index (Phi) is 4.46. The number of rotatable bonds is 3. The van der Waals surface area contributed by atoms with Gasteiger partial charge in [-0.15, -0.1) is 0 Å². The maximum Gasteiger partial charge on any atom is 0.0805 e. The zero-order valence-corrected chi connectivity index (χ0v) is 21.0. The summed E-state index contributed by atoms with van der Waals surface area (Å²) in [5, 5.41) is 9.60. The topological polar surface area (TPSA) is 9.86 Å². The molecule has 0 atom stereocenters. The van der Waals surface area contributed by atoms with Crippen molar-refractivity contribution in [2.45, 2.75) is 0 Å². The molecule has 3 heteroatoms. The van der Waals surface area contributed by atoms with Crippen molar-refractivity contribution in [1.82, 2.24) is 9.13 Å². The van der Waals surface area contributed by atoms with Gasteiger partial charge in [0.15, 0.2) is 0 Å². The number of benzene rings is 5. The highest BCUT2D eigenvalue weighted by Gasteiger charge is 2.27. The zero-order chi connectivity index (χ0) is 24.3. The quantitative estimate of drug-likeness (QED) is 0.233. The van der Waals surface area contributed by atoms with Gasteiger partial charge >= 0.3 is 0 Å². The average molecular weight is 491 g/mol. The van der Waals surface area contributed by atoms with Gasteiger partial charge in [-0.25, -0.2) is 0 Å². The fourth-order valence-corrected chi connectivity index (χ4v) is 8.89. The van der Waals surface area contributed by atoms with Crippen LogP contribution in [0, 0.1) is 0 Å². The molecule has 8 aromatic rings. The van der Waals surface area contributed by atoms with Crippen molar-refractivity contribution in [3.63, 3.8) is 0 Å². The summed E-state index contributed by atoms with van der Waals surface area (Å²) in [6.45, 7) is 0. The lowest BCUT2D eigenvalue weighted by atomic mass is 10.1. The third-order valence-electron chi connectivity index (χ3n) is 7.42. The van der Waals surface area contributed by atoms with Gasteiger partial charge in [0.05, 0.1) is 21.5 Å². The number of aromatic nitrogens is 2. The largest absolute Gasteiger partial charge is 0.305 e. The van der Waals surface area contributed by atoms with Gasteiger partial charge in [-0.3, -0.25) is 0 Å². The lowest BCUT2D eigenvalue weighted by molar-refractivity contribution is 1.19. The molecular weight excluding hydrogens is 467 g/mol. The molecule has 0 fully saturated rings. The Hall–Kier alpha value is -4.52. The first-order valence-electron chi connectivity index (χ1n) is 12.6. The minimum absolute atomic E-state index is 0.828. The summed E-state index contributed by atoms with van der Waals surface area (Å²) in [6, 6.07) is 50.6. The van der Waals surface area contributed by atoms with Gasteiger partial charge < -0.3 is 9.13 Å². The predicted octanol–water partition coefficient (Wildman–Crippen LogP) is 9.86. The molecule has 0 spiro atoms. The van der Waals surface area contributed by atoms with Crippen molar-refractivity contribution in [2.24, 2.45) is 0 Å². The molecule has 0 aliphatic carbocycles. The van der Waals surface area contributed by atoms with E-state index in [4.69, 9.17) is 0 Å². The average Bonchev–Trinajstić information content (AvgIpc) is 3.59. The number of para-hydroxylation sites is 4. The van der Waals surface area contributed by atoms with Crippen LogP contribution in [0.5, 0.6) is 0 Å². The number of hydrogen-bond donors (Lipinski definition) is 0. The van der Waals surface area contributed by atoms with Crippen LogP contribution in [0.25, 0.3) is 59.8 Å². The molecule has 37 heavy (non-hydrogen) atoms. The Labute approximate surface area is 215 Å². The molecule has 0 aliphatic rings. The van der Waals surface area contributed by atoms with E-state index < -0.39 is 7.53 Å². The Morgan fingerprint density at radius 1 is 0.378 bits per heavy atom. The molecule has 3 aromatic heterocycles. The van der Waals surface area contributed by atoms with Crippen LogP contribution in [0.3, 0.4) is 0 Å². The highest BCUT2D eigenvalue weighted by atomic mass is 31.1. The Bertz CT molecular complexity index is 1930. The van der Waals surface area contributed by atoms with Gasteiger partial charge in [0.25, 0.3) is 0 Å². The highest BCUT2D eigenvalue weighted by Crippen LogP contribution is 2.60. The summed E-state index contributed by atoms with van der Waals surface area (Å²) < 4.78 is 5.04. The van der Waals surface area contributed by atoms with E-state index >= 15 is 0 Å². The SMILES string of the molecule is c1ccc(-n2c3ccccc3c3c4c5ccccc5n(-c5ccccc5)c4p(-c4ccccc4)c32)cc1. The van der Waals surface area contributed by atoms with Gasteiger partial charge in [-0.1, -0.05) is 103 Å². The fourth-order valence-electron chi connectivity index (χ4n) is 5.97. The first kappa shape index (κ1) is 20.7. The molecular formula is C34H23N2P. The van der Waals surface area contributed by atoms with Crippen LogP contribution in [-0.4, -0.2) is 9.13 Å². The predicted molar refractivity (Wildman–Crippen MR) is 159 cm³/mol. The minimum Gasteiger partial charge on any atom is -0.305 e. The number of nitrogens with zero attached hydrogens (tertiary/aromatic N) is 2. The van der Waals surface area contributed by atoms with Crippen LogP contribution in [0.1, 0.15) is 0 Å². The summed E-state index contributed by atoms with van der Waals surface area (Å²) >= 11 is 0. The Morgan fingerprint density at radius 3 is 1.22 bits per heavy atom. The van der Waals surface area contributed by atoms with Gasteiger partial charge in [0.1, 0.15) is 0 Å². The van der Waals surface area contributed by atoms with Crippen molar-refractivity contribution < 1.29 is 0 Å². The van der Waals surface area contributed by atoms with Crippen LogP contribution in [0.4, 0.5) is 0 Å². The number of hydrogen-bond acceptors (Lipinski definition) is 0. The first-order valence-corrected chi connectivity index (χ1v) is 14.0. The minimum atomic E-state index is -0.828. The third kappa shape index (κ3) is 2.88. The van der Waals surface area contributed by atoms with E-state index in [0.717, 1.165) is 0 Å². The monoisotopic (exact) mass is 490 g/mol. The van der Waals surface area contributed by atoms with Crippen LogP contribution in [0.15, 0.2) is 140 Å². The van der Waals surface area contributed by atoms with Crippen LogP contribution in [-0.2, 0) is 0 Å². The molecule has 0 bridgehead atoms. The summed E-state index contributed by atoms with van der Waals surface area (Å²) in [4.78, 5) is 0. The molecule has 5 aromatic carbocycles. The molecule has 0 radical (unpaired) electrons. The molecule has 0 saturated heterocycles. The van der Waals surface area contributed by atoms with E-state index in [-0.39, 0.29) is 0 Å².